The van der Waals surface area contributed by atoms with Crippen LogP contribution >= 0.6 is 24.8 Å². The van der Waals surface area contributed by atoms with Gasteiger partial charge in [0.1, 0.15) is 0 Å². The van der Waals surface area contributed by atoms with E-state index in [0.29, 0.717) is 0 Å². The molecule has 2 aromatic rings. The summed E-state index contributed by atoms with van der Waals surface area (Å²) in [4.78, 5) is 0. The van der Waals surface area contributed by atoms with Crippen LogP contribution in [0.5, 0.6) is 0 Å². The molecule has 29 heavy (non-hydrogen) atoms. The van der Waals surface area contributed by atoms with E-state index in [1.165, 1.54) is 28.7 Å². The normalized spacial score (nSPS) is 17.1. The second kappa shape index (κ2) is 10.1. The number of rotatable bonds is 3. The minimum absolute atomic E-state index is 0. The summed E-state index contributed by atoms with van der Waals surface area (Å²) in [6, 6.07) is 17.9. The van der Waals surface area contributed by atoms with Crippen molar-refractivity contribution >= 4 is 36.3 Å². The van der Waals surface area contributed by atoms with Crippen molar-refractivity contribution in [1.82, 2.24) is 0 Å². The number of fused-ring (bicyclic) bond motifs is 1. The Kier molecular flexibility index (Phi) is 8.57. The molecular formula is C25H30Cl2SiZr. The summed E-state index contributed by atoms with van der Waals surface area (Å²) in [6.45, 7) is 12.2. The maximum absolute atomic E-state index is 2.58. The maximum Gasteiger partial charge on any atom is -0.147 e. The summed E-state index contributed by atoms with van der Waals surface area (Å²) < 4.78 is 2.60. The van der Waals surface area contributed by atoms with Gasteiger partial charge >= 0.3 is 173 Å². The third-order valence-electron chi connectivity index (χ3n) is 6.06. The van der Waals surface area contributed by atoms with Gasteiger partial charge in [-0.2, -0.15) is 0 Å². The van der Waals surface area contributed by atoms with E-state index in [4.69, 9.17) is 0 Å². The topological polar surface area (TPSA) is 0 Å². The molecule has 0 aliphatic heterocycles. The zero-order chi connectivity index (χ0) is 19.1. The Morgan fingerprint density at radius 2 is 1.55 bits per heavy atom. The molecule has 0 spiro atoms. The molecule has 0 saturated heterocycles. The van der Waals surface area contributed by atoms with Crippen LogP contribution in [-0.4, -0.2) is 5.43 Å². The van der Waals surface area contributed by atoms with E-state index in [1.807, 2.05) is 3.28 Å². The molecule has 2 aliphatic rings. The first-order valence-corrected chi connectivity index (χ1v) is 18.7. The average Bonchev–Trinajstić information content (AvgIpc) is 3.15. The van der Waals surface area contributed by atoms with E-state index >= 15 is 0 Å². The van der Waals surface area contributed by atoms with Gasteiger partial charge in [-0.3, -0.25) is 0 Å². The standard InChI is InChI=1S/C16H13.C7H9.C2H6Si.2ClH.Zr/c1-12-10-14-8-5-9-15(16(14)11-12)13-6-3-2-4-7-13;1-6-4-3-5-7(6)2;1-3-2;;;/h2-11H,1H3;4H,5H2,1-2H3;1-2H3;2*1H;. The molecular weight excluding hydrogens is 490 g/mol. The molecule has 2 aliphatic carbocycles. The van der Waals surface area contributed by atoms with E-state index in [2.05, 4.69) is 94.5 Å². The summed E-state index contributed by atoms with van der Waals surface area (Å²) in [5, 5.41) is 0. The molecule has 0 fully saturated rings. The Labute approximate surface area is 196 Å². The maximum atomic E-state index is 2.58. The molecule has 152 valence electrons. The summed E-state index contributed by atoms with van der Waals surface area (Å²) in [5.41, 5.74) is 10.3. The Hall–Kier alpha value is -0.660. The van der Waals surface area contributed by atoms with E-state index in [9.17, 15) is 0 Å². The third kappa shape index (κ3) is 4.67. The molecule has 0 radical (unpaired) electrons. The zero-order valence-corrected chi connectivity index (χ0v) is 23.0. The summed E-state index contributed by atoms with van der Waals surface area (Å²) in [5.74, 6) is 0. The first kappa shape index (κ1) is 24.6. The summed E-state index contributed by atoms with van der Waals surface area (Å²) in [7, 11) is 0. The number of hydrogen-bond acceptors (Lipinski definition) is 0. The molecule has 4 heteroatoms. The Balaban J connectivity index is 0.00000150. The van der Waals surface area contributed by atoms with E-state index in [1.54, 1.807) is 16.7 Å². The molecule has 0 bridgehead atoms. The number of halogens is 2. The van der Waals surface area contributed by atoms with Gasteiger partial charge in [-0.25, -0.2) is 0 Å². The summed E-state index contributed by atoms with van der Waals surface area (Å²) >= 11 is -1.76. The van der Waals surface area contributed by atoms with Gasteiger partial charge in [0.25, 0.3) is 0 Å². The van der Waals surface area contributed by atoms with Gasteiger partial charge in [-0.1, -0.05) is 0 Å². The average molecular weight is 521 g/mol. The largest absolute Gasteiger partial charge is 0.147 e. The van der Waals surface area contributed by atoms with Crippen molar-refractivity contribution in [2.24, 2.45) is 0 Å². The molecule has 0 amide bonds. The van der Waals surface area contributed by atoms with Gasteiger partial charge in [0.15, 0.2) is 0 Å². The van der Waals surface area contributed by atoms with Crippen LogP contribution in [0.4, 0.5) is 0 Å². The van der Waals surface area contributed by atoms with Gasteiger partial charge in [0.05, 0.1) is 0 Å². The SMILES string of the molecule is CC1=Cc2c(-c3ccccc3)cccc2[CH]1[Zr]([C]1=CC(C)=C(C)C1)=[Si](C)C.Cl.Cl. The van der Waals surface area contributed by atoms with Crippen molar-refractivity contribution in [3.63, 3.8) is 0 Å². The Morgan fingerprint density at radius 3 is 2.14 bits per heavy atom. The molecule has 0 saturated carbocycles. The molecule has 1 unspecified atom stereocenters. The van der Waals surface area contributed by atoms with Crippen LogP contribution in [0.3, 0.4) is 0 Å². The van der Waals surface area contributed by atoms with Gasteiger partial charge in [-0.05, 0) is 0 Å². The van der Waals surface area contributed by atoms with Gasteiger partial charge in [0.2, 0.25) is 0 Å². The second-order valence-corrected chi connectivity index (χ2v) is 25.8. The van der Waals surface area contributed by atoms with Crippen LogP contribution in [-0.2, 0) is 20.4 Å². The van der Waals surface area contributed by atoms with E-state index in [-0.39, 0.29) is 30.2 Å². The molecule has 0 aromatic heterocycles. The Bertz CT molecular complexity index is 1040. The van der Waals surface area contributed by atoms with Crippen molar-refractivity contribution < 1.29 is 20.4 Å². The van der Waals surface area contributed by atoms with Crippen molar-refractivity contribution in [1.29, 1.82) is 0 Å². The first-order chi connectivity index (χ1) is 13.0. The van der Waals surface area contributed by atoms with Crippen LogP contribution in [0, 0.1) is 0 Å². The third-order valence-corrected chi connectivity index (χ3v) is 24.5. The minimum Gasteiger partial charge on any atom is -0.147 e. The van der Waals surface area contributed by atoms with E-state index in [0.717, 1.165) is 3.63 Å². The van der Waals surface area contributed by atoms with Crippen LogP contribution in [0.25, 0.3) is 17.2 Å². The van der Waals surface area contributed by atoms with Crippen molar-refractivity contribution in [2.75, 3.05) is 0 Å². The first-order valence-electron chi connectivity index (χ1n) is 9.88. The smallest absolute Gasteiger partial charge is 0.147 e. The molecule has 0 nitrogen and oxygen atoms in total. The quantitative estimate of drug-likeness (QED) is 0.358. The molecule has 4 rings (SSSR count). The van der Waals surface area contributed by atoms with Crippen molar-refractivity contribution in [2.45, 2.75) is 43.9 Å². The fraction of sp³-hybridized carbons (Fsp3) is 0.280. The molecule has 0 N–H and O–H groups in total. The monoisotopic (exact) mass is 518 g/mol. The predicted molar refractivity (Wildman–Crippen MR) is 131 cm³/mol. The van der Waals surface area contributed by atoms with Gasteiger partial charge in [0, 0.05) is 0 Å². The molecule has 1 atom stereocenters. The molecule has 2 aromatic carbocycles. The number of hydrogen-bond donors (Lipinski definition) is 0. The number of allylic oxidation sites excluding steroid dienone is 5. The predicted octanol–water partition coefficient (Wildman–Crippen LogP) is 8.15. The van der Waals surface area contributed by atoms with Crippen LogP contribution in [0.15, 0.2) is 74.6 Å². The Morgan fingerprint density at radius 1 is 0.862 bits per heavy atom. The van der Waals surface area contributed by atoms with Crippen LogP contribution < -0.4 is 0 Å². The van der Waals surface area contributed by atoms with Crippen molar-refractivity contribution in [3.8, 4) is 11.1 Å². The van der Waals surface area contributed by atoms with E-state index < -0.39 is 20.4 Å². The minimum atomic E-state index is -1.76. The van der Waals surface area contributed by atoms with Gasteiger partial charge in [-0.15, -0.1) is 24.8 Å². The van der Waals surface area contributed by atoms with Crippen LogP contribution in [0.1, 0.15) is 41.9 Å². The fourth-order valence-corrected chi connectivity index (χ4v) is 23.7. The van der Waals surface area contributed by atoms with Crippen molar-refractivity contribution in [3.05, 3.63) is 85.7 Å². The molecule has 0 heterocycles. The van der Waals surface area contributed by atoms with Gasteiger partial charge < -0.3 is 0 Å². The number of benzene rings is 2. The fourth-order valence-electron chi connectivity index (χ4n) is 4.63. The second-order valence-electron chi connectivity index (χ2n) is 8.22. The zero-order valence-electron chi connectivity index (χ0n) is 17.9. The summed E-state index contributed by atoms with van der Waals surface area (Å²) in [6.07, 6.45) is 6.35. The van der Waals surface area contributed by atoms with Crippen LogP contribution in [0.2, 0.25) is 13.1 Å².